The van der Waals surface area contributed by atoms with Gasteiger partial charge in [0, 0.05) is 32.7 Å². The molecule has 4 nitrogen and oxygen atoms in total. The van der Waals surface area contributed by atoms with Crippen molar-refractivity contribution in [3.05, 3.63) is 0 Å². The van der Waals surface area contributed by atoms with Crippen molar-refractivity contribution < 1.29 is 9.53 Å². The second kappa shape index (κ2) is 11.1. The largest absolute Gasteiger partial charge is 0.383 e. The van der Waals surface area contributed by atoms with Crippen LogP contribution in [-0.2, 0) is 9.53 Å². The van der Waals surface area contributed by atoms with Crippen LogP contribution in [0, 0.1) is 5.92 Å². The summed E-state index contributed by atoms with van der Waals surface area (Å²) in [5, 5.41) is 6.18. The SMILES string of the molecule is COCCNCCNC(=O)C1CCSCC1.Cl. The van der Waals surface area contributed by atoms with Crippen molar-refractivity contribution in [2.75, 3.05) is 44.9 Å². The molecule has 0 aromatic heterocycles. The summed E-state index contributed by atoms with van der Waals surface area (Å²) in [7, 11) is 1.69. The highest BCUT2D eigenvalue weighted by Gasteiger charge is 2.20. The predicted octanol–water partition coefficient (Wildman–Crippen LogP) is 0.904. The minimum absolute atomic E-state index is 0. The van der Waals surface area contributed by atoms with E-state index in [9.17, 15) is 4.79 Å². The number of carbonyl (C=O) groups is 1. The smallest absolute Gasteiger partial charge is 0.223 e. The van der Waals surface area contributed by atoms with Gasteiger partial charge in [-0.25, -0.2) is 0 Å². The maximum absolute atomic E-state index is 11.7. The Balaban J connectivity index is 0.00000256. The number of rotatable bonds is 7. The number of halogens is 1. The lowest BCUT2D eigenvalue weighted by Crippen LogP contribution is -2.37. The van der Waals surface area contributed by atoms with Crippen molar-refractivity contribution >= 4 is 30.1 Å². The number of carbonyl (C=O) groups excluding carboxylic acids is 1. The maximum Gasteiger partial charge on any atom is 0.223 e. The molecular weight excluding hydrogens is 260 g/mol. The number of hydrogen-bond acceptors (Lipinski definition) is 4. The van der Waals surface area contributed by atoms with Crippen molar-refractivity contribution in [2.45, 2.75) is 12.8 Å². The van der Waals surface area contributed by atoms with Crippen LogP contribution >= 0.6 is 24.2 Å². The van der Waals surface area contributed by atoms with Crippen LogP contribution in [0.2, 0.25) is 0 Å². The second-order valence-corrected chi connectivity index (χ2v) is 5.15. The lowest BCUT2D eigenvalue weighted by molar-refractivity contribution is -0.125. The Bertz CT molecular complexity index is 202. The molecule has 0 aromatic carbocycles. The first-order valence-electron chi connectivity index (χ1n) is 5.89. The topological polar surface area (TPSA) is 50.4 Å². The van der Waals surface area contributed by atoms with Gasteiger partial charge in [0.1, 0.15) is 0 Å². The Morgan fingerprint density at radius 3 is 2.65 bits per heavy atom. The summed E-state index contributed by atoms with van der Waals surface area (Å²) in [6.45, 7) is 3.09. The maximum atomic E-state index is 11.7. The van der Waals surface area contributed by atoms with Crippen molar-refractivity contribution in [3.8, 4) is 0 Å². The molecule has 0 unspecified atom stereocenters. The fraction of sp³-hybridized carbons (Fsp3) is 0.909. The average Bonchev–Trinajstić information content (AvgIpc) is 2.34. The van der Waals surface area contributed by atoms with Crippen molar-refractivity contribution in [2.24, 2.45) is 5.92 Å². The third-order valence-electron chi connectivity index (χ3n) is 2.68. The first-order valence-corrected chi connectivity index (χ1v) is 7.05. The van der Waals surface area contributed by atoms with E-state index in [-0.39, 0.29) is 24.2 Å². The zero-order valence-electron chi connectivity index (χ0n) is 10.4. The highest BCUT2D eigenvalue weighted by Crippen LogP contribution is 2.22. The molecule has 0 saturated carbocycles. The Hall–Kier alpha value is 0.0300. The van der Waals surface area contributed by atoms with E-state index in [1.807, 2.05) is 11.8 Å². The van der Waals surface area contributed by atoms with E-state index in [2.05, 4.69) is 10.6 Å². The number of methoxy groups -OCH3 is 1. The van der Waals surface area contributed by atoms with Gasteiger partial charge in [-0.2, -0.15) is 11.8 Å². The standard InChI is InChI=1S/C11H22N2O2S.ClH/c1-15-7-6-12-4-5-13-11(14)10-2-8-16-9-3-10;/h10,12H,2-9H2,1H3,(H,13,14);1H. The molecule has 102 valence electrons. The van der Waals surface area contributed by atoms with E-state index in [0.717, 1.165) is 37.4 Å². The number of nitrogens with one attached hydrogen (secondary N) is 2. The Kier molecular flexibility index (Phi) is 11.2. The zero-order valence-corrected chi connectivity index (χ0v) is 12.0. The first-order chi connectivity index (χ1) is 7.84. The molecule has 0 radical (unpaired) electrons. The molecule has 1 saturated heterocycles. The van der Waals surface area contributed by atoms with Crippen LogP contribution in [0.3, 0.4) is 0 Å². The van der Waals surface area contributed by atoms with Crippen LogP contribution in [0.25, 0.3) is 0 Å². The molecule has 0 aliphatic carbocycles. The van der Waals surface area contributed by atoms with E-state index in [4.69, 9.17) is 4.74 Å². The molecule has 1 aliphatic rings. The third kappa shape index (κ3) is 7.86. The summed E-state index contributed by atoms with van der Waals surface area (Å²) >= 11 is 1.95. The molecule has 17 heavy (non-hydrogen) atoms. The molecular formula is C11H23ClN2O2S. The van der Waals surface area contributed by atoms with Gasteiger partial charge in [-0.1, -0.05) is 0 Å². The molecule has 2 N–H and O–H groups in total. The van der Waals surface area contributed by atoms with Crippen LogP contribution in [0.15, 0.2) is 0 Å². The van der Waals surface area contributed by atoms with Gasteiger partial charge >= 0.3 is 0 Å². The number of amides is 1. The molecule has 1 fully saturated rings. The van der Waals surface area contributed by atoms with Gasteiger partial charge in [-0.05, 0) is 24.3 Å². The van der Waals surface area contributed by atoms with Crippen LogP contribution in [0.1, 0.15) is 12.8 Å². The lowest BCUT2D eigenvalue weighted by Gasteiger charge is -2.20. The molecule has 0 bridgehead atoms. The highest BCUT2D eigenvalue weighted by atomic mass is 35.5. The summed E-state index contributed by atoms with van der Waals surface area (Å²) in [4.78, 5) is 11.7. The van der Waals surface area contributed by atoms with Gasteiger partial charge in [0.25, 0.3) is 0 Å². The molecule has 0 atom stereocenters. The van der Waals surface area contributed by atoms with E-state index in [0.29, 0.717) is 13.2 Å². The summed E-state index contributed by atoms with van der Waals surface area (Å²) < 4.78 is 4.91. The van der Waals surface area contributed by atoms with Gasteiger partial charge < -0.3 is 15.4 Å². The Morgan fingerprint density at radius 2 is 2.00 bits per heavy atom. The van der Waals surface area contributed by atoms with Crippen molar-refractivity contribution in [1.82, 2.24) is 10.6 Å². The summed E-state index contributed by atoms with van der Waals surface area (Å²) in [6, 6.07) is 0. The minimum Gasteiger partial charge on any atom is -0.383 e. The molecule has 0 aromatic rings. The molecule has 1 aliphatic heterocycles. The van der Waals surface area contributed by atoms with Crippen LogP contribution in [0.4, 0.5) is 0 Å². The number of thioether (sulfide) groups is 1. The number of ether oxygens (including phenoxy) is 1. The van der Waals surface area contributed by atoms with Crippen LogP contribution in [-0.4, -0.2) is 50.8 Å². The highest BCUT2D eigenvalue weighted by molar-refractivity contribution is 7.99. The number of hydrogen-bond donors (Lipinski definition) is 2. The third-order valence-corrected chi connectivity index (χ3v) is 3.72. The molecule has 6 heteroatoms. The molecule has 1 amide bonds. The lowest BCUT2D eigenvalue weighted by atomic mass is 10.0. The summed E-state index contributed by atoms with van der Waals surface area (Å²) in [5.41, 5.74) is 0. The summed E-state index contributed by atoms with van der Waals surface area (Å²) in [6.07, 6.45) is 2.07. The minimum atomic E-state index is 0. The van der Waals surface area contributed by atoms with Crippen LogP contribution < -0.4 is 10.6 Å². The van der Waals surface area contributed by atoms with Gasteiger partial charge in [-0.15, -0.1) is 12.4 Å². The molecule has 1 rings (SSSR count). The predicted molar refractivity (Wildman–Crippen MR) is 75.1 cm³/mol. The first kappa shape index (κ1) is 17.0. The fourth-order valence-corrected chi connectivity index (χ4v) is 2.78. The average molecular weight is 283 g/mol. The fourth-order valence-electron chi connectivity index (χ4n) is 1.68. The summed E-state index contributed by atoms with van der Waals surface area (Å²) in [5.74, 6) is 2.74. The van der Waals surface area contributed by atoms with Gasteiger partial charge in [-0.3, -0.25) is 4.79 Å². The van der Waals surface area contributed by atoms with Gasteiger partial charge in [0.05, 0.1) is 6.61 Å². The zero-order chi connectivity index (χ0) is 11.6. The second-order valence-electron chi connectivity index (χ2n) is 3.92. The Morgan fingerprint density at radius 1 is 1.29 bits per heavy atom. The van der Waals surface area contributed by atoms with Gasteiger partial charge in [0.15, 0.2) is 0 Å². The van der Waals surface area contributed by atoms with Crippen LogP contribution in [0.5, 0.6) is 0 Å². The van der Waals surface area contributed by atoms with Crippen molar-refractivity contribution in [1.29, 1.82) is 0 Å². The van der Waals surface area contributed by atoms with E-state index in [1.165, 1.54) is 0 Å². The van der Waals surface area contributed by atoms with Gasteiger partial charge in [0.2, 0.25) is 5.91 Å². The Labute approximate surface area is 114 Å². The molecule has 0 spiro atoms. The van der Waals surface area contributed by atoms with Crippen molar-refractivity contribution in [3.63, 3.8) is 0 Å². The monoisotopic (exact) mass is 282 g/mol. The van der Waals surface area contributed by atoms with E-state index in [1.54, 1.807) is 7.11 Å². The van der Waals surface area contributed by atoms with E-state index < -0.39 is 0 Å². The van der Waals surface area contributed by atoms with E-state index >= 15 is 0 Å². The quantitative estimate of drug-likeness (QED) is 0.682. The normalized spacial score (nSPS) is 16.3. The molecule has 1 heterocycles.